The fourth-order valence-corrected chi connectivity index (χ4v) is 3.68. The molecule has 1 nitrogen and oxygen atoms in total. The monoisotopic (exact) mass is 206 g/mol. The molecule has 1 fully saturated rings. The third kappa shape index (κ3) is 1.32. The molecule has 0 amide bonds. The summed E-state index contributed by atoms with van der Waals surface area (Å²) in [5.74, 6) is 1.60. The zero-order chi connectivity index (χ0) is 11.4. The van der Waals surface area contributed by atoms with Gasteiger partial charge in [-0.15, -0.1) is 0 Å². The number of hydrogen-bond acceptors (Lipinski definition) is 1. The van der Waals surface area contributed by atoms with Gasteiger partial charge in [-0.25, -0.2) is 0 Å². The fourth-order valence-electron chi connectivity index (χ4n) is 3.68. The minimum atomic E-state index is 0.199. The van der Waals surface area contributed by atoms with E-state index in [9.17, 15) is 4.79 Å². The van der Waals surface area contributed by atoms with Crippen molar-refractivity contribution >= 4 is 5.78 Å². The molecule has 2 aliphatic carbocycles. The maximum absolute atomic E-state index is 11.5. The Bertz CT molecular complexity index is 333. The Morgan fingerprint density at radius 2 is 1.87 bits per heavy atom. The van der Waals surface area contributed by atoms with E-state index in [-0.39, 0.29) is 5.41 Å². The lowest BCUT2D eigenvalue weighted by Gasteiger charge is -2.33. The molecule has 0 saturated heterocycles. The third-order valence-corrected chi connectivity index (χ3v) is 5.21. The summed E-state index contributed by atoms with van der Waals surface area (Å²) < 4.78 is 0. The summed E-state index contributed by atoms with van der Waals surface area (Å²) in [4.78, 5) is 11.5. The molecule has 0 aliphatic heterocycles. The molecule has 0 aromatic heterocycles. The van der Waals surface area contributed by atoms with Gasteiger partial charge in [0.15, 0.2) is 5.78 Å². The summed E-state index contributed by atoms with van der Waals surface area (Å²) in [5.41, 5.74) is 1.96. The molecule has 0 aromatic carbocycles. The van der Waals surface area contributed by atoms with Crippen LogP contribution < -0.4 is 0 Å². The Labute approximate surface area is 92.9 Å². The van der Waals surface area contributed by atoms with Crippen molar-refractivity contribution in [2.45, 2.75) is 47.5 Å². The van der Waals surface area contributed by atoms with E-state index in [1.807, 2.05) is 6.08 Å². The molecule has 1 heteroatoms. The molecule has 0 radical (unpaired) electrons. The second-order valence-electron chi connectivity index (χ2n) is 6.42. The first-order chi connectivity index (χ1) is 6.78. The van der Waals surface area contributed by atoms with Crippen molar-refractivity contribution in [2.24, 2.45) is 22.7 Å². The summed E-state index contributed by atoms with van der Waals surface area (Å²) in [6.07, 6.45) is 3.76. The average Bonchev–Trinajstić information content (AvgIpc) is 2.26. The van der Waals surface area contributed by atoms with Gasteiger partial charge in [0, 0.05) is 6.42 Å². The first kappa shape index (κ1) is 10.9. The van der Waals surface area contributed by atoms with Crippen LogP contribution in [0, 0.1) is 22.7 Å². The zero-order valence-electron chi connectivity index (χ0n) is 10.6. The number of carbonyl (C=O) groups excluding carboxylic acids is 1. The predicted molar refractivity (Wildman–Crippen MR) is 62.5 cm³/mol. The predicted octanol–water partition coefficient (Wildman–Crippen LogP) is 3.59. The molecule has 15 heavy (non-hydrogen) atoms. The van der Waals surface area contributed by atoms with Gasteiger partial charge in [-0.1, -0.05) is 40.2 Å². The van der Waals surface area contributed by atoms with E-state index in [4.69, 9.17) is 0 Å². The van der Waals surface area contributed by atoms with Gasteiger partial charge in [0.1, 0.15) is 0 Å². The largest absolute Gasteiger partial charge is 0.295 e. The zero-order valence-corrected chi connectivity index (χ0v) is 10.6. The summed E-state index contributed by atoms with van der Waals surface area (Å²) in [6.45, 7) is 11.7. The summed E-state index contributed by atoms with van der Waals surface area (Å²) in [6, 6.07) is 0. The molecule has 0 bridgehead atoms. The standard InChI is InChI=1S/C14H22O/c1-9-13(2,3)11-7-6-10(15)8-12(11)14(9,4)5/h8-9,11H,6-7H2,1-5H3. The van der Waals surface area contributed by atoms with E-state index >= 15 is 0 Å². The van der Waals surface area contributed by atoms with Crippen LogP contribution in [0.1, 0.15) is 47.5 Å². The van der Waals surface area contributed by atoms with Crippen LogP contribution in [0.3, 0.4) is 0 Å². The van der Waals surface area contributed by atoms with Gasteiger partial charge in [0.25, 0.3) is 0 Å². The van der Waals surface area contributed by atoms with Crippen molar-refractivity contribution in [2.75, 3.05) is 0 Å². The molecule has 2 atom stereocenters. The fraction of sp³-hybridized carbons (Fsp3) is 0.786. The normalized spacial score (nSPS) is 37.4. The Hall–Kier alpha value is -0.590. The van der Waals surface area contributed by atoms with Gasteiger partial charge in [-0.05, 0) is 35.2 Å². The second kappa shape index (κ2) is 2.96. The molecule has 0 N–H and O–H groups in total. The highest BCUT2D eigenvalue weighted by Crippen LogP contribution is 2.62. The average molecular weight is 206 g/mol. The summed E-state index contributed by atoms with van der Waals surface area (Å²) in [7, 11) is 0. The van der Waals surface area contributed by atoms with Crippen LogP contribution >= 0.6 is 0 Å². The summed E-state index contributed by atoms with van der Waals surface area (Å²) in [5, 5.41) is 0. The molecule has 1 saturated carbocycles. The van der Waals surface area contributed by atoms with Crippen LogP contribution in [-0.2, 0) is 4.79 Å². The molecule has 2 unspecified atom stereocenters. The van der Waals surface area contributed by atoms with Gasteiger partial charge in [0.05, 0.1) is 0 Å². The molecule has 0 spiro atoms. The Morgan fingerprint density at radius 1 is 1.27 bits per heavy atom. The van der Waals surface area contributed by atoms with Gasteiger partial charge >= 0.3 is 0 Å². The van der Waals surface area contributed by atoms with E-state index in [0.717, 1.165) is 12.8 Å². The first-order valence-corrected chi connectivity index (χ1v) is 6.03. The van der Waals surface area contributed by atoms with Gasteiger partial charge in [-0.2, -0.15) is 0 Å². The van der Waals surface area contributed by atoms with Crippen molar-refractivity contribution < 1.29 is 4.79 Å². The van der Waals surface area contributed by atoms with Crippen molar-refractivity contribution in [3.8, 4) is 0 Å². The lowest BCUT2D eigenvalue weighted by Crippen LogP contribution is -2.27. The number of fused-ring (bicyclic) bond motifs is 1. The Morgan fingerprint density at radius 3 is 2.47 bits per heavy atom. The molecule has 2 aliphatic rings. The maximum Gasteiger partial charge on any atom is 0.155 e. The summed E-state index contributed by atoms with van der Waals surface area (Å²) >= 11 is 0. The third-order valence-electron chi connectivity index (χ3n) is 5.21. The van der Waals surface area contributed by atoms with Crippen LogP contribution in [0.15, 0.2) is 11.6 Å². The molecular weight excluding hydrogens is 184 g/mol. The van der Waals surface area contributed by atoms with Crippen molar-refractivity contribution in [1.82, 2.24) is 0 Å². The van der Waals surface area contributed by atoms with E-state index in [2.05, 4.69) is 34.6 Å². The van der Waals surface area contributed by atoms with Crippen molar-refractivity contribution in [1.29, 1.82) is 0 Å². The van der Waals surface area contributed by atoms with Crippen LogP contribution in [0.5, 0.6) is 0 Å². The topological polar surface area (TPSA) is 17.1 Å². The second-order valence-corrected chi connectivity index (χ2v) is 6.42. The van der Waals surface area contributed by atoms with Crippen LogP contribution in [-0.4, -0.2) is 5.78 Å². The molecular formula is C14H22O. The van der Waals surface area contributed by atoms with Gasteiger partial charge in [0.2, 0.25) is 0 Å². The molecule has 2 rings (SSSR count). The van der Waals surface area contributed by atoms with E-state index < -0.39 is 0 Å². The van der Waals surface area contributed by atoms with E-state index in [0.29, 0.717) is 23.0 Å². The molecule has 0 aromatic rings. The van der Waals surface area contributed by atoms with E-state index in [1.165, 1.54) is 5.57 Å². The molecule has 84 valence electrons. The van der Waals surface area contributed by atoms with Crippen molar-refractivity contribution in [3.05, 3.63) is 11.6 Å². The SMILES string of the molecule is CC1C(C)(C)C2=CC(=O)CCC2C1(C)C. The van der Waals surface area contributed by atoms with E-state index in [1.54, 1.807) is 0 Å². The number of ketones is 1. The molecule has 0 heterocycles. The lowest BCUT2D eigenvalue weighted by atomic mass is 9.71. The van der Waals surface area contributed by atoms with Crippen LogP contribution in [0.2, 0.25) is 0 Å². The first-order valence-electron chi connectivity index (χ1n) is 6.03. The number of hydrogen-bond donors (Lipinski definition) is 0. The quantitative estimate of drug-likeness (QED) is 0.592. The highest BCUT2D eigenvalue weighted by atomic mass is 16.1. The highest BCUT2D eigenvalue weighted by Gasteiger charge is 2.54. The Balaban J connectivity index is 2.52. The highest BCUT2D eigenvalue weighted by molar-refractivity contribution is 5.91. The number of carbonyl (C=O) groups is 1. The minimum absolute atomic E-state index is 0.199. The lowest BCUT2D eigenvalue weighted by molar-refractivity contribution is -0.115. The van der Waals surface area contributed by atoms with Crippen LogP contribution in [0.4, 0.5) is 0 Å². The van der Waals surface area contributed by atoms with Gasteiger partial charge in [-0.3, -0.25) is 4.79 Å². The smallest absolute Gasteiger partial charge is 0.155 e. The van der Waals surface area contributed by atoms with Crippen LogP contribution in [0.25, 0.3) is 0 Å². The minimum Gasteiger partial charge on any atom is -0.295 e. The Kier molecular flexibility index (Phi) is 2.15. The maximum atomic E-state index is 11.5. The van der Waals surface area contributed by atoms with Gasteiger partial charge < -0.3 is 0 Å². The number of rotatable bonds is 0. The van der Waals surface area contributed by atoms with Crippen molar-refractivity contribution in [3.63, 3.8) is 0 Å². The number of allylic oxidation sites excluding steroid dienone is 2.